The number of aliphatic hydroxyl groups excluding tert-OH is 3. The van der Waals surface area contributed by atoms with Crippen LogP contribution in [-0.4, -0.2) is 97.5 Å². The van der Waals surface area contributed by atoms with Gasteiger partial charge in [-0.3, -0.25) is 9.35 Å². The second-order valence-corrected chi connectivity index (χ2v) is 16.3. The first-order valence-corrected chi connectivity index (χ1v) is 23.9. The first-order chi connectivity index (χ1) is 28.6. The molecule has 0 saturated carbocycles. The van der Waals surface area contributed by atoms with Crippen LogP contribution in [0.3, 0.4) is 0 Å². The van der Waals surface area contributed by atoms with Gasteiger partial charge in [0.1, 0.15) is 30.5 Å². The summed E-state index contributed by atoms with van der Waals surface area (Å²) < 4.78 is 58.8. The summed E-state index contributed by atoms with van der Waals surface area (Å²) in [6.45, 7) is 3.81. The zero-order valence-corrected chi connectivity index (χ0v) is 37.1. The van der Waals surface area contributed by atoms with Gasteiger partial charge in [0.05, 0.1) is 19.8 Å². The molecule has 0 aromatic rings. The van der Waals surface area contributed by atoms with Gasteiger partial charge < -0.3 is 34.3 Å². The summed E-state index contributed by atoms with van der Waals surface area (Å²) in [6.07, 6.45) is 37.1. The number of ether oxygens (including phenoxy) is 4. The second-order valence-electron chi connectivity index (χ2n) is 15.3. The highest BCUT2D eigenvalue weighted by Crippen LogP contribution is 2.26. The number of allylic oxidation sites excluding steroid dienone is 10. The minimum Gasteiger partial charge on any atom is -0.457 e. The van der Waals surface area contributed by atoms with Crippen LogP contribution < -0.4 is 0 Å². The van der Waals surface area contributed by atoms with Crippen molar-refractivity contribution >= 4 is 16.4 Å². The first-order valence-electron chi connectivity index (χ1n) is 22.5. The molecule has 0 amide bonds. The first kappa shape index (κ1) is 54.8. The van der Waals surface area contributed by atoms with Gasteiger partial charge in [0, 0.05) is 13.0 Å². The average molecular weight is 857 g/mol. The monoisotopic (exact) mass is 857 g/mol. The Morgan fingerprint density at radius 3 is 1.71 bits per heavy atom. The van der Waals surface area contributed by atoms with E-state index >= 15 is 0 Å². The lowest BCUT2D eigenvalue weighted by Gasteiger charge is -2.41. The van der Waals surface area contributed by atoms with Crippen LogP contribution in [-0.2, 0) is 38.3 Å². The van der Waals surface area contributed by atoms with E-state index in [0.717, 1.165) is 77.0 Å². The van der Waals surface area contributed by atoms with Crippen LogP contribution >= 0.6 is 0 Å². The molecule has 6 unspecified atom stereocenters. The summed E-state index contributed by atoms with van der Waals surface area (Å²) in [7, 11) is -5.06. The molecule has 6 atom stereocenters. The van der Waals surface area contributed by atoms with Gasteiger partial charge in [0.25, 0.3) is 0 Å². The van der Waals surface area contributed by atoms with Crippen molar-refractivity contribution in [3.63, 3.8) is 0 Å². The summed E-state index contributed by atoms with van der Waals surface area (Å²) in [5, 5.41) is 30.6. The number of carbonyl (C=O) groups is 1. The van der Waals surface area contributed by atoms with E-state index < -0.39 is 59.8 Å². The zero-order valence-electron chi connectivity index (χ0n) is 36.3. The second kappa shape index (κ2) is 37.6. The summed E-state index contributed by atoms with van der Waals surface area (Å²) in [5.41, 5.74) is 0. The molecule has 1 saturated heterocycles. The fourth-order valence-electron chi connectivity index (χ4n) is 6.52. The summed E-state index contributed by atoms with van der Waals surface area (Å²) in [6, 6.07) is 0. The van der Waals surface area contributed by atoms with Crippen molar-refractivity contribution in [3.8, 4) is 0 Å². The maximum absolute atomic E-state index is 12.8. The number of carbonyl (C=O) groups excluding carboxylic acids is 1. The molecule has 12 nitrogen and oxygen atoms in total. The van der Waals surface area contributed by atoms with Gasteiger partial charge in [0.2, 0.25) is 0 Å². The Hall–Kier alpha value is -2.20. The molecule has 0 aromatic heterocycles. The molecule has 0 spiro atoms. The minimum absolute atomic E-state index is 0.0315. The molecular weight excluding hydrogens is 777 g/mol. The van der Waals surface area contributed by atoms with Gasteiger partial charge in [-0.25, -0.2) is 4.18 Å². The largest absolute Gasteiger partial charge is 0.457 e. The number of hydrogen-bond donors (Lipinski definition) is 4. The third-order valence-corrected chi connectivity index (χ3v) is 10.4. The van der Waals surface area contributed by atoms with Crippen LogP contribution in [0.25, 0.3) is 0 Å². The number of hydrogen-bond acceptors (Lipinski definition) is 11. The number of esters is 1. The van der Waals surface area contributed by atoms with Crippen molar-refractivity contribution in [2.45, 2.75) is 198 Å². The molecule has 1 fully saturated rings. The molecule has 0 aliphatic carbocycles. The fourth-order valence-corrected chi connectivity index (χ4v) is 7.03. The van der Waals surface area contributed by atoms with Crippen molar-refractivity contribution in [1.82, 2.24) is 0 Å². The van der Waals surface area contributed by atoms with Crippen molar-refractivity contribution in [3.05, 3.63) is 60.8 Å². The van der Waals surface area contributed by atoms with Crippen LogP contribution in [0.15, 0.2) is 60.8 Å². The molecule has 13 heteroatoms. The van der Waals surface area contributed by atoms with Crippen LogP contribution in [0.2, 0.25) is 0 Å². The van der Waals surface area contributed by atoms with Crippen LogP contribution in [0.4, 0.5) is 0 Å². The average Bonchev–Trinajstić information content (AvgIpc) is 3.20. The predicted molar refractivity (Wildman–Crippen MR) is 234 cm³/mol. The molecule has 59 heavy (non-hydrogen) atoms. The lowest BCUT2D eigenvalue weighted by atomic mass is 9.99. The highest BCUT2D eigenvalue weighted by molar-refractivity contribution is 7.80. The SMILES string of the molecule is CC/C=C\C/C=C\C/C=C\C/C=C\C/C=C\CCCCCCCCCCCC(=O)OC(COCCCCCCCCC)COC1OC(CO)C(O)C(OS(=O)(=O)O)C1O. The zero-order chi connectivity index (χ0) is 43.2. The molecule has 1 rings (SSSR count). The topological polar surface area (TPSA) is 178 Å². The quantitative estimate of drug-likeness (QED) is 0.0201. The van der Waals surface area contributed by atoms with E-state index in [-0.39, 0.29) is 19.6 Å². The van der Waals surface area contributed by atoms with E-state index in [4.69, 9.17) is 23.5 Å². The van der Waals surface area contributed by atoms with E-state index in [9.17, 15) is 28.5 Å². The normalized spacial score (nSPS) is 20.9. The number of rotatable bonds is 38. The predicted octanol–water partition coefficient (Wildman–Crippen LogP) is 9.35. The van der Waals surface area contributed by atoms with E-state index in [2.05, 4.69) is 78.8 Å². The Labute approximate surface area is 357 Å². The fraction of sp³-hybridized carbons (Fsp3) is 0.761. The van der Waals surface area contributed by atoms with Gasteiger partial charge in [-0.15, -0.1) is 0 Å². The Kier molecular flexibility index (Phi) is 34.9. The van der Waals surface area contributed by atoms with E-state index in [1.54, 1.807) is 0 Å². The maximum Gasteiger partial charge on any atom is 0.397 e. The third kappa shape index (κ3) is 31.3. The Bertz CT molecular complexity index is 1260. The lowest BCUT2D eigenvalue weighted by molar-refractivity contribution is -0.301. The molecular formula is C46H80O12S. The molecule has 1 aliphatic rings. The molecule has 0 radical (unpaired) electrons. The number of unbranched alkanes of at least 4 members (excludes halogenated alkanes) is 15. The van der Waals surface area contributed by atoms with Gasteiger partial charge in [-0.05, 0) is 57.8 Å². The Morgan fingerprint density at radius 1 is 0.661 bits per heavy atom. The molecule has 0 bridgehead atoms. The highest BCUT2D eigenvalue weighted by atomic mass is 32.3. The lowest BCUT2D eigenvalue weighted by Crippen LogP contribution is -2.60. The van der Waals surface area contributed by atoms with Gasteiger partial charge >= 0.3 is 16.4 Å². The minimum atomic E-state index is -5.06. The van der Waals surface area contributed by atoms with Gasteiger partial charge in [-0.1, -0.05) is 158 Å². The molecule has 1 aliphatic heterocycles. The third-order valence-electron chi connectivity index (χ3n) is 9.90. The van der Waals surface area contributed by atoms with Crippen LogP contribution in [0, 0.1) is 0 Å². The van der Waals surface area contributed by atoms with Crippen LogP contribution in [0.1, 0.15) is 162 Å². The van der Waals surface area contributed by atoms with Crippen molar-refractivity contribution in [2.75, 3.05) is 26.4 Å². The summed E-state index contributed by atoms with van der Waals surface area (Å²) >= 11 is 0. The highest BCUT2D eigenvalue weighted by Gasteiger charge is 2.48. The Morgan fingerprint density at radius 2 is 1.17 bits per heavy atom. The van der Waals surface area contributed by atoms with Crippen molar-refractivity contribution in [2.24, 2.45) is 0 Å². The van der Waals surface area contributed by atoms with Crippen molar-refractivity contribution in [1.29, 1.82) is 0 Å². The molecule has 342 valence electrons. The smallest absolute Gasteiger partial charge is 0.397 e. The van der Waals surface area contributed by atoms with E-state index in [1.807, 2.05) is 0 Å². The van der Waals surface area contributed by atoms with Gasteiger partial charge in [0.15, 0.2) is 6.29 Å². The standard InChI is InChI=1S/C46H80O12S/c1-3-5-7-9-11-12-13-14-15-16-17-18-19-20-21-22-23-24-25-26-27-28-29-31-33-35-42(48)56-40(38-54-36-34-32-30-10-8-6-4-2)39-55-46-44(50)45(58-59(51,52)53)43(49)41(37-47)57-46/h5,7,11-12,14-15,17-18,20-21,40-41,43-47,49-50H,3-4,6,8-10,13,16,19,22-39H2,1-2H3,(H,51,52,53)/b7-5-,12-11-,15-14-,18-17-,21-20-. The van der Waals surface area contributed by atoms with Crippen LogP contribution in [0.5, 0.6) is 0 Å². The maximum atomic E-state index is 12.8. The molecule has 0 aromatic carbocycles. The number of aliphatic hydroxyl groups is 3. The van der Waals surface area contributed by atoms with E-state index in [0.29, 0.717) is 13.0 Å². The Balaban J connectivity index is 2.30. The summed E-state index contributed by atoms with van der Waals surface area (Å²) in [4.78, 5) is 12.8. The summed E-state index contributed by atoms with van der Waals surface area (Å²) in [5.74, 6) is -0.410. The van der Waals surface area contributed by atoms with E-state index in [1.165, 1.54) is 57.8 Å². The van der Waals surface area contributed by atoms with Gasteiger partial charge in [-0.2, -0.15) is 8.42 Å². The molecule has 4 N–H and O–H groups in total. The molecule has 1 heterocycles. The van der Waals surface area contributed by atoms with Crippen molar-refractivity contribution < 1.29 is 56.2 Å².